The molecule has 24 nitrogen and oxygen atoms in total. The Morgan fingerprint density at radius 2 is 1.04 bits per heavy atom. The minimum absolute atomic E-state index is 0.121. The third-order valence-corrected chi connectivity index (χ3v) is 20.4. The zero-order valence-corrected chi connectivity index (χ0v) is 43.1. The molecule has 1 spiro atoms. The lowest BCUT2D eigenvalue weighted by Gasteiger charge is -2.62. The normalized spacial score (nSPS) is 58.0. The molecule has 10 aliphatic rings. The minimum atomic E-state index is -2.06. The summed E-state index contributed by atoms with van der Waals surface area (Å²) in [6.07, 6.45) is -30.3. The fourth-order valence-corrected chi connectivity index (χ4v) is 16.2. The van der Waals surface area contributed by atoms with Crippen molar-refractivity contribution in [3.8, 4) is 0 Å². The van der Waals surface area contributed by atoms with Gasteiger partial charge in [-0.2, -0.15) is 0 Å². The van der Waals surface area contributed by atoms with Gasteiger partial charge in [0.2, 0.25) is 0 Å². The Morgan fingerprint density at radius 3 is 1.64 bits per heavy atom. The zero-order chi connectivity index (χ0) is 53.8. The fraction of sp³-hybridized carbons (Fsp3) is 1.00. The molecule has 10 rings (SSSR count). The summed E-state index contributed by atoms with van der Waals surface area (Å²) >= 11 is 0. The molecule has 6 saturated heterocycles. The summed E-state index contributed by atoms with van der Waals surface area (Å²) in [4.78, 5) is 0. The Morgan fingerprint density at radius 1 is 0.493 bits per heavy atom. The van der Waals surface area contributed by atoms with E-state index < -0.39 is 167 Å². The highest BCUT2D eigenvalue weighted by Gasteiger charge is 2.70. The second-order valence-electron chi connectivity index (χ2n) is 24.5. The number of rotatable bonds is 12. The molecule has 0 aromatic heterocycles. The molecule has 33 atom stereocenters. The number of aliphatic hydroxyl groups excluding tert-OH is 14. The van der Waals surface area contributed by atoms with Gasteiger partial charge in [-0.15, -0.1) is 0 Å². The second-order valence-corrected chi connectivity index (χ2v) is 24.5. The molecule has 0 aromatic carbocycles. The van der Waals surface area contributed by atoms with Crippen LogP contribution >= 0.6 is 0 Å². The molecule has 6 aliphatic heterocycles. The maximum Gasteiger partial charge on any atom is 0.187 e. The molecule has 0 amide bonds. The van der Waals surface area contributed by atoms with Crippen molar-refractivity contribution < 1.29 is 119 Å². The Kier molecular flexibility index (Phi) is 16.9. The van der Waals surface area contributed by atoms with E-state index in [9.17, 15) is 71.5 Å². The largest absolute Gasteiger partial charge is 0.394 e. The van der Waals surface area contributed by atoms with Crippen molar-refractivity contribution in [2.24, 2.45) is 52.3 Å². The van der Waals surface area contributed by atoms with Gasteiger partial charge in [-0.3, -0.25) is 0 Å². The van der Waals surface area contributed by atoms with E-state index >= 15 is 0 Å². The summed E-state index contributed by atoms with van der Waals surface area (Å²) < 4.78 is 61.2. The standard InChI is InChI=1S/C51H84O24/c1-19-7-10-51(66-18-19)20(2)32-27(75-51)12-24-22-6-5-21-11-26(25(56)13-50(21,4)23(22)8-9-49(24,32)3)67-45-41(65)38(62)42(31(17-55)71-45)72-48-44(74-47-40(64)37(61)34(58)29(15-53)69-47)43(35(59)30(16-54)70-48)73-46-39(63)36(60)33(57)28(14-52)68-46/h19-48,52-65H,5-18H2,1-4H3. The number of hydrogen-bond donors (Lipinski definition) is 14. The van der Waals surface area contributed by atoms with E-state index in [1.54, 1.807) is 0 Å². The van der Waals surface area contributed by atoms with Crippen LogP contribution in [0.1, 0.15) is 85.5 Å². The molecule has 75 heavy (non-hydrogen) atoms. The van der Waals surface area contributed by atoms with Gasteiger partial charge in [-0.25, -0.2) is 0 Å². The van der Waals surface area contributed by atoms with E-state index in [1.165, 1.54) is 0 Å². The lowest BCUT2D eigenvalue weighted by molar-refractivity contribution is -0.407. The second kappa shape index (κ2) is 22.1. The van der Waals surface area contributed by atoms with E-state index in [-0.39, 0.29) is 22.9 Å². The molecule has 0 radical (unpaired) electrons. The van der Waals surface area contributed by atoms with E-state index in [0.717, 1.165) is 51.6 Å². The van der Waals surface area contributed by atoms with E-state index in [1.807, 2.05) is 0 Å². The first-order chi connectivity index (χ1) is 35.6. The first kappa shape index (κ1) is 57.3. The molecule has 33 unspecified atom stereocenters. The first-order valence-electron chi connectivity index (χ1n) is 27.4. The first-order valence-corrected chi connectivity index (χ1v) is 27.4. The van der Waals surface area contributed by atoms with Crippen molar-refractivity contribution in [3.05, 3.63) is 0 Å². The van der Waals surface area contributed by atoms with Crippen molar-refractivity contribution in [2.45, 2.75) is 232 Å². The van der Waals surface area contributed by atoms with E-state index in [2.05, 4.69) is 27.7 Å². The average Bonchev–Trinajstić information content (AvgIpc) is 3.84. The van der Waals surface area contributed by atoms with Gasteiger partial charge in [0, 0.05) is 12.3 Å². The fourth-order valence-electron chi connectivity index (χ4n) is 16.2. The molecule has 0 bridgehead atoms. The van der Waals surface area contributed by atoms with Gasteiger partial charge >= 0.3 is 0 Å². The molecule has 10 fully saturated rings. The van der Waals surface area contributed by atoms with E-state index in [0.29, 0.717) is 48.3 Å². The highest BCUT2D eigenvalue weighted by atomic mass is 16.8. The van der Waals surface area contributed by atoms with Crippen LogP contribution in [0.5, 0.6) is 0 Å². The Bertz CT molecular complexity index is 1910. The molecular formula is C51H84O24. The smallest absolute Gasteiger partial charge is 0.187 e. The Labute approximate surface area is 435 Å². The molecule has 14 N–H and O–H groups in total. The lowest BCUT2D eigenvalue weighted by atomic mass is 9.44. The molecule has 4 saturated carbocycles. The van der Waals surface area contributed by atoms with Crippen LogP contribution in [0.2, 0.25) is 0 Å². The third-order valence-electron chi connectivity index (χ3n) is 20.4. The summed E-state index contributed by atoms with van der Waals surface area (Å²) in [5, 5.41) is 152. The number of aliphatic hydroxyl groups is 14. The van der Waals surface area contributed by atoms with Gasteiger partial charge in [0.1, 0.15) is 97.7 Å². The topological polar surface area (TPSA) is 376 Å². The quantitative estimate of drug-likeness (QED) is 0.0830. The summed E-state index contributed by atoms with van der Waals surface area (Å²) in [7, 11) is 0. The maximum absolute atomic E-state index is 12.0. The van der Waals surface area contributed by atoms with Crippen LogP contribution in [0.4, 0.5) is 0 Å². The van der Waals surface area contributed by atoms with Crippen molar-refractivity contribution in [2.75, 3.05) is 33.0 Å². The SMILES string of the molecule is CC1CCC2(OC1)OC1CC3C4CCC5CC(OC6OC(CO)C(OC7OC(CO)C(O)C(OC8OC(CO)C(O)C(O)C8O)C7OC7OC(CO)C(O)C(O)C7O)C(O)C6O)C(O)CC5(C)C4CCC3(C)C1C2C. The molecule has 24 heteroatoms. The molecular weight excluding hydrogens is 997 g/mol. The molecule has 6 heterocycles. The minimum Gasteiger partial charge on any atom is -0.394 e. The maximum atomic E-state index is 12.0. The van der Waals surface area contributed by atoms with Crippen LogP contribution < -0.4 is 0 Å². The van der Waals surface area contributed by atoms with Gasteiger partial charge in [-0.1, -0.05) is 27.7 Å². The van der Waals surface area contributed by atoms with Gasteiger partial charge in [0.15, 0.2) is 30.9 Å². The predicted octanol–water partition coefficient (Wildman–Crippen LogP) is -3.94. The average molecular weight is 1080 g/mol. The summed E-state index contributed by atoms with van der Waals surface area (Å²) in [5.41, 5.74) is -0.0790. The molecule has 4 aliphatic carbocycles. The number of fused-ring (bicyclic) bond motifs is 7. The van der Waals surface area contributed by atoms with Crippen LogP contribution in [-0.2, 0) is 47.4 Å². The van der Waals surface area contributed by atoms with Gasteiger partial charge in [0.05, 0.1) is 51.3 Å². The van der Waals surface area contributed by atoms with E-state index in [4.69, 9.17) is 47.4 Å². The van der Waals surface area contributed by atoms with Crippen LogP contribution in [0.25, 0.3) is 0 Å². The monoisotopic (exact) mass is 1080 g/mol. The summed E-state index contributed by atoms with van der Waals surface area (Å²) in [5.74, 6) is 2.26. The Hall–Kier alpha value is -0.960. The predicted molar refractivity (Wildman–Crippen MR) is 250 cm³/mol. The summed E-state index contributed by atoms with van der Waals surface area (Å²) in [6, 6.07) is 0. The Balaban J connectivity index is 0.831. The van der Waals surface area contributed by atoms with Gasteiger partial charge in [-0.05, 0) is 97.7 Å². The van der Waals surface area contributed by atoms with Crippen LogP contribution in [-0.4, -0.2) is 251 Å². The van der Waals surface area contributed by atoms with Gasteiger partial charge in [0.25, 0.3) is 0 Å². The number of hydrogen-bond acceptors (Lipinski definition) is 24. The highest BCUT2D eigenvalue weighted by Crippen LogP contribution is 2.71. The third kappa shape index (κ3) is 9.79. The number of ether oxygens (including phenoxy) is 10. The lowest BCUT2D eigenvalue weighted by Crippen LogP contribution is -2.69. The van der Waals surface area contributed by atoms with Crippen LogP contribution in [0.3, 0.4) is 0 Å². The van der Waals surface area contributed by atoms with Crippen molar-refractivity contribution in [1.29, 1.82) is 0 Å². The van der Waals surface area contributed by atoms with Crippen molar-refractivity contribution >= 4 is 0 Å². The highest BCUT2D eigenvalue weighted by molar-refractivity contribution is 5.16. The summed E-state index contributed by atoms with van der Waals surface area (Å²) in [6.45, 7) is 6.57. The molecule has 432 valence electrons. The van der Waals surface area contributed by atoms with Gasteiger partial charge < -0.3 is 119 Å². The van der Waals surface area contributed by atoms with Crippen LogP contribution in [0.15, 0.2) is 0 Å². The van der Waals surface area contributed by atoms with Crippen molar-refractivity contribution in [1.82, 2.24) is 0 Å². The molecule has 0 aromatic rings. The van der Waals surface area contributed by atoms with Crippen LogP contribution in [0, 0.1) is 52.3 Å². The van der Waals surface area contributed by atoms with Crippen molar-refractivity contribution in [3.63, 3.8) is 0 Å². The zero-order valence-electron chi connectivity index (χ0n) is 43.1.